The first kappa shape index (κ1) is 25.7. The zero-order chi connectivity index (χ0) is 25.8. The molecule has 0 atom stereocenters. The number of ether oxygens (including phenoxy) is 2. The Morgan fingerprint density at radius 2 is 1.95 bits per heavy atom. The highest BCUT2D eigenvalue weighted by molar-refractivity contribution is 5.88. The molecule has 2 aliphatic rings. The zero-order valence-corrected chi connectivity index (χ0v) is 22.4. The third-order valence-corrected chi connectivity index (χ3v) is 7.77. The van der Waals surface area contributed by atoms with Gasteiger partial charge in [0, 0.05) is 32.0 Å². The molecule has 0 bridgehead atoms. The fourth-order valence-corrected chi connectivity index (χ4v) is 5.67. The number of nitrogens with one attached hydrogen (secondary N) is 1. The van der Waals surface area contributed by atoms with Gasteiger partial charge in [-0.25, -0.2) is 4.98 Å². The second-order valence-electron chi connectivity index (χ2n) is 10.2. The van der Waals surface area contributed by atoms with Crippen molar-refractivity contribution >= 4 is 22.8 Å². The standard InChI is InChI=1S/C27H40N8O2/c1-4-5-10-29-26-25-24(31-27(28)32-26)18(2)33-35(25)17-22-23(36-3)15-20(16-30-22)19-6-11-34(12-7-19)21-8-13-37-14-9-21/h15-16,19,21H,4-14,17H2,1-3H3,(H3,28,29,31,32). The monoisotopic (exact) mass is 508 g/mol. The van der Waals surface area contributed by atoms with E-state index in [0.717, 1.165) is 99.5 Å². The van der Waals surface area contributed by atoms with Crippen LogP contribution in [0.3, 0.4) is 0 Å². The summed E-state index contributed by atoms with van der Waals surface area (Å²) >= 11 is 0. The SMILES string of the molecule is CCCCNc1nc(N)nc2c(C)nn(Cc3ncc(C4CCN(C5CCOCC5)CC4)cc3OC)c12. The van der Waals surface area contributed by atoms with E-state index in [9.17, 15) is 0 Å². The van der Waals surface area contributed by atoms with Crippen molar-refractivity contribution in [1.82, 2.24) is 29.6 Å². The van der Waals surface area contributed by atoms with Crippen LogP contribution in [0.2, 0.25) is 0 Å². The van der Waals surface area contributed by atoms with E-state index in [0.29, 0.717) is 24.3 Å². The van der Waals surface area contributed by atoms with E-state index in [-0.39, 0.29) is 5.95 Å². The molecule has 0 saturated carbocycles. The van der Waals surface area contributed by atoms with Crippen molar-refractivity contribution in [2.45, 2.75) is 70.9 Å². The van der Waals surface area contributed by atoms with Gasteiger partial charge in [0.25, 0.3) is 0 Å². The van der Waals surface area contributed by atoms with Gasteiger partial charge in [0.2, 0.25) is 5.95 Å². The Morgan fingerprint density at radius 3 is 2.68 bits per heavy atom. The normalized spacial score (nSPS) is 17.9. The van der Waals surface area contributed by atoms with E-state index in [2.05, 4.69) is 33.2 Å². The maximum atomic E-state index is 6.00. The number of fused-ring (bicyclic) bond motifs is 1. The van der Waals surface area contributed by atoms with Gasteiger partial charge in [-0.15, -0.1) is 0 Å². The summed E-state index contributed by atoms with van der Waals surface area (Å²) in [6.45, 7) is 9.45. The number of anilines is 2. The number of nitrogen functional groups attached to an aromatic ring is 1. The Balaban J connectivity index is 1.34. The molecule has 10 nitrogen and oxygen atoms in total. The summed E-state index contributed by atoms with van der Waals surface area (Å²) < 4.78 is 13.3. The highest BCUT2D eigenvalue weighted by Gasteiger charge is 2.28. The number of rotatable bonds is 9. The Bertz CT molecular complexity index is 1200. The molecule has 2 aliphatic heterocycles. The van der Waals surface area contributed by atoms with Crippen molar-refractivity contribution < 1.29 is 9.47 Å². The lowest BCUT2D eigenvalue weighted by atomic mass is 9.89. The molecule has 5 rings (SSSR count). The molecular formula is C27H40N8O2. The molecule has 0 aliphatic carbocycles. The van der Waals surface area contributed by atoms with Gasteiger partial charge >= 0.3 is 0 Å². The minimum absolute atomic E-state index is 0.247. The van der Waals surface area contributed by atoms with E-state index in [1.807, 2.05) is 17.8 Å². The summed E-state index contributed by atoms with van der Waals surface area (Å²) in [7, 11) is 1.71. The van der Waals surface area contributed by atoms with Crippen LogP contribution in [0.5, 0.6) is 5.75 Å². The van der Waals surface area contributed by atoms with Crippen LogP contribution < -0.4 is 15.8 Å². The smallest absolute Gasteiger partial charge is 0.222 e. The summed E-state index contributed by atoms with van der Waals surface area (Å²) in [4.78, 5) is 16.5. The van der Waals surface area contributed by atoms with Crippen LogP contribution in [0.25, 0.3) is 11.0 Å². The second kappa shape index (κ2) is 11.6. The van der Waals surface area contributed by atoms with Crippen molar-refractivity contribution in [2.24, 2.45) is 0 Å². The van der Waals surface area contributed by atoms with E-state index in [4.69, 9.17) is 25.3 Å². The molecule has 10 heteroatoms. The van der Waals surface area contributed by atoms with Gasteiger partial charge in [-0.1, -0.05) is 13.3 Å². The van der Waals surface area contributed by atoms with Crippen LogP contribution in [0.4, 0.5) is 11.8 Å². The Labute approximate surface area is 219 Å². The molecule has 0 aromatic carbocycles. The number of aryl methyl sites for hydroxylation is 1. The molecule has 2 fully saturated rings. The van der Waals surface area contributed by atoms with E-state index in [1.54, 1.807) is 7.11 Å². The first-order valence-electron chi connectivity index (χ1n) is 13.7. The molecule has 2 saturated heterocycles. The molecule has 5 heterocycles. The minimum Gasteiger partial charge on any atom is -0.495 e. The number of nitrogens with zero attached hydrogens (tertiary/aromatic N) is 6. The maximum Gasteiger partial charge on any atom is 0.222 e. The van der Waals surface area contributed by atoms with Crippen molar-refractivity contribution in [3.05, 3.63) is 29.2 Å². The lowest BCUT2D eigenvalue weighted by Crippen LogP contribution is -2.43. The van der Waals surface area contributed by atoms with Crippen LogP contribution in [0, 0.1) is 6.92 Å². The van der Waals surface area contributed by atoms with E-state index < -0.39 is 0 Å². The molecule has 0 unspecified atom stereocenters. The molecule has 0 radical (unpaired) electrons. The van der Waals surface area contributed by atoms with Crippen molar-refractivity contribution in [3.63, 3.8) is 0 Å². The van der Waals surface area contributed by atoms with Crippen molar-refractivity contribution in [2.75, 3.05) is 51.0 Å². The lowest BCUT2D eigenvalue weighted by molar-refractivity contribution is 0.0251. The molecule has 37 heavy (non-hydrogen) atoms. The minimum atomic E-state index is 0.247. The molecular weight excluding hydrogens is 468 g/mol. The molecule has 3 aromatic heterocycles. The molecule has 0 amide bonds. The van der Waals surface area contributed by atoms with Gasteiger partial charge < -0.3 is 25.4 Å². The predicted octanol–water partition coefficient (Wildman–Crippen LogP) is 3.74. The number of hydrogen-bond acceptors (Lipinski definition) is 9. The van der Waals surface area contributed by atoms with Crippen LogP contribution in [-0.2, 0) is 11.3 Å². The fourth-order valence-electron chi connectivity index (χ4n) is 5.67. The number of nitrogens with two attached hydrogens (primary N) is 1. The summed E-state index contributed by atoms with van der Waals surface area (Å²) in [5.74, 6) is 2.26. The average Bonchev–Trinajstić information content (AvgIpc) is 3.24. The largest absolute Gasteiger partial charge is 0.495 e. The Kier molecular flexibility index (Phi) is 8.05. The summed E-state index contributed by atoms with van der Waals surface area (Å²) in [6.07, 6.45) is 8.78. The lowest BCUT2D eigenvalue weighted by Gasteiger charge is -2.39. The number of hydrogen-bond donors (Lipinski definition) is 2. The number of pyridine rings is 1. The van der Waals surface area contributed by atoms with Gasteiger partial charge in [0.05, 0.1) is 19.3 Å². The van der Waals surface area contributed by atoms with Gasteiger partial charge in [-0.05, 0) is 69.7 Å². The Hall–Kier alpha value is -2.98. The molecule has 3 N–H and O–H groups in total. The summed E-state index contributed by atoms with van der Waals surface area (Å²) in [5.41, 5.74) is 10.5. The third-order valence-electron chi connectivity index (χ3n) is 7.77. The first-order chi connectivity index (χ1) is 18.1. The molecule has 200 valence electrons. The van der Waals surface area contributed by atoms with Gasteiger partial charge in [0.1, 0.15) is 22.5 Å². The van der Waals surface area contributed by atoms with Crippen LogP contribution in [0.1, 0.15) is 68.3 Å². The highest BCUT2D eigenvalue weighted by Crippen LogP contribution is 2.33. The third kappa shape index (κ3) is 5.65. The quantitative estimate of drug-likeness (QED) is 0.417. The summed E-state index contributed by atoms with van der Waals surface area (Å²) in [6, 6.07) is 2.85. The number of piperidine rings is 1. The van der Waals surface area contributed by atoms with E-state index in [1.165, 1.54) is 5.56 Å². The van der Waals surface area contributed by atoms with E-state index >= 15 is 0 Å². The zero-order valence-electron chi connectivity index (χ0n) is 22.4. The van der Waals surface area contributed by atoms with Crippen molar-refractivity contribution in [3.8, 4) is 5.75 Å². The topological polar surface area (TPSA) is 116 Å². The van der Waals surface area contributed by atoms with Gasteiger partial charge in [0.15, 0.2) is 5.82 Å². The maximum absolute atomic E-state index is 6.00. The number of likely N-dealkylation sites (tertiary alicyclic amines) is 1. The number of methoxy groups -OCH3 is 1. The van der Waals surface area contributed by atoms with Crippen molar-refractivity contribution in [1.29, 1.82) is 0 Å². The number of unbranched alkanes of at least 4 members (excludes halogenated alkanes) is 1. The summed E-state index contributed by atoms with van der Waals surface area (Å²) in [5, 5.41) is 8.19. The fraction of sp³-hybridized carbons (Fsp3) is 0.630. The molecule has 0 spiro atoms. The Morgan fingerprint density at radius 1 is 1.16 bits per heavy atom. The first-order valence-corrected chi connectivity index (χ1v) is 13.7. The van der Waals surface area contributed by atoms with Crippen LogP contribution in [-0.4, -0.2) is 75.6 Å². The molecule has 3 aromatic rings. The average molecular weight is 509 g/mol. The highest BCUT2D eigenvalue weighted by atomic mass is 16.5. The van der Waals surface area contributed by atoms with Crippen LogP contribution in [0.15, 0.2) is 12.3 Å². The van der Waals surface area contributed by atoms with Gasteiger partial charge in [-0.3, -0.25) is 9.67 Å². The number of aromatic nitrogens is 5. The second-order valence-corrected chi connectivity index (χ2v) is 10.2. The van der Waals surface area contributed by atoms with Gasteiger partial charge in [-0.2, -0.15) is 10.1 Å². The predicted molar refractivity (Wildman–Crippen MR) is 145 cm³/mol. The van der Waals surface area contributed by atoms with Crippen LogP contribution >= 0.6 is 0 Å².